The predicted octanol–water partition coefficient (Wildman–Crippen LogP) is 2.55. The van der Waals surface area contributed by atoms with Crippen LogP contribution in [0.25, 0.3) is 0 Å². The Balaban J connectivity index is 3.60. The molecule has 0 atom stereocenters. The monoisotopic (exact) mass is 255 g/mol. The van der Waals surface area contributed by atoms with E-state index in [1.807, 2.05) is 0 Å². The van der Waals surface area contributed by atoms with E-state index in [4.69, 9.17) is 10.5 Å². The van der Waals surface area contributed by atoms with Gasteiger partial charge >= 0.3 is 6.18 Å². The normalized spacial score (nSPS) is 10.5. The third-order valence-corrected chi connectivity index (χ3v) is 2.11. The van der Waals surface area contributed by atoms with E-state index in [1.54, 1.807) is 6.07 Å². The van der Waals surface area contributed by atoms with Crippen LogP contribution in [0.3, 0.4) is 0 Å². The molecular formula is C10H4F3N3O2. The number of nitrogens with zero attached hydrogens (tertiary/aromatic N) is 3. The van der Waals surface area contributed by atoms with Gasteiger partial charge in [0.15, 0.2) is 0 Å². The minimum Gasteiger partial charge on any atom is -0.258 e. The van der Waals surface area contributed by atoms with E-state index in [9.17, 15) is 23.3 Å². The number of nitro groups is 1. The number of nitro benzene ring substituents is 1. The number of halogens is 3. The molecule has 0 aromatic heterocycles. The molecule has 92 valence electrons. The second-order valence-corrected chi connectivity index (χ2v) is 3.23. The highest BCUT2D eigenvalue weighted by atomic mass is 19.4. The van der Waals surface area contributed by atoms with Gasteiger partial charge < -0.3 is 0 Å². The van der Waals surface area contributed by atoms with E-state index in [0.29, 0.717) is 12.1 Å². The average molecular weight is 255 g/mol. The van der Waals surface area contributed by atoms with Crippen molar-refractivity contribution >= 4 is 5.69 Å². The van der Waals surface area contributed by atoms with Crippen LogP contribution in [0, 0.1) is 32.8 Å². The second-order valence-electron chi connectivity index (χ2n) is 3.23. The zero-order valence-corrected chi connectivity index (χ0v) is 8.65. The smallest absolute Gasteiger partial charge is 0.258 e. The molecule has 0 saturated carbocycles. The maximum absolute atomic E-state index is 12.6. The van der Waals surface area contributed by atoms with Crippen molar-refractivity contribution in [2.24, 2.45) is 0 Å². The van der Waals surface area contributed by atoms with Crippen LogP contribution in [0.15, 0.2) is 12.1 Å². The van der Waals surface area contributed by atoms with Gasteiger partial charge in [-0.3, -0.25) is 10.1 Å². The van der Waals surface area contributed by atoms with Gasteiger partial charge in [-0.2, -0.15) is 23.7 Å². The van der Waals surface area contributed by atoms with Crippen LogP contribution in [0.1, 0.15) is 16.7 Å². The lowest BCUT2D eigenvalue weighted by Crippen LogP contribution is -2.10. The van der Waals surface area contributed by atoms with Crippen molar-refractivity contribution in [3.8, 4) is 12.1 Å². The van der Waals surface area contributed by atoms with Gasteiger partial charge in [-0.25, -0.2) is 0 Å². The summed E-state index contributed by atoms with van der Waals surface area (Å²) in [4.78, 5) is 9.37. The maximum atomic E-state index is 12.6. The van der Waals surface area contributed by atoms with Gasteiger partial charge in [-0.15, -0.1) is 0 Å². The SMILES string of the molecule is N#CCc1cc([N+](=O)[O-])c(C(F)(F)F)cc1C#N. The summed E-state index contributed by atoms with van der Waals surface area (Å²) in [5.74, 6) is 0. The molecule has 1 rings (SSSR count). The quantitative estimate of drug-likeness (QED) is 0.599. The molecule has 1 aromatic rings. The van der Waals surface area contributed by atoms with E-state index in [2.05, 4.69) is 0 Å². The minimum atomic E-state index is -4.93. The highest BCUT2D eigenvalue weighted by Gasteiger charge is 2.39. The van der Waals surface area contributed by atoms with E-state index >= 15 is 0 Å². The van der Waals surface area contributed by atoms with Crippen LogP contribution >= 0.6 is 0 Å². The third-order valence-electron chi connectivity index (χ3n) is 2.11. The summed E-state index contributed by atoms with van der Waals surface area (Å²) in [6.45, 7) is 0. The molecule has 0 radical (unpaired) electrons. The molecule has 0 aliphatic carbocycles. The van der Waals surface area contributed by atoms with E-state index in [-0.39, 0.29) is 12.0 Å². The van der Waals surface area contributed by atoms with Crippen molar-refractivity contribution in [1.82, 2.24) is 0 Å². The largest absolute Gasteiger partial charge is 0.423 e. The molecule has 0 N–H and O–H groups in total. The number of alkyl halides is 3. The lowest BCUT2D eigenvalue weighted by atomic mass is 10.0. The molecule has 0 heterocycles. The number of benzene rings is 1. The van der Waals surface area contributed by atoms with Crippen LogP contribution in [0.4, 0.5) is 18.9 Å². The Hall–Kier alpha value is -2.61. The van der Waals surface area contributed by atoms with Crippen molar-refractivity contribution in [1.29, 1.82) is 10.5 Å². The summed E-state index contributed by atoms with van der Waals surface area (Å²) in [6.07, 6.45) is -5.30. The molecule has 0 aliphatic rings. The van der Waals surface area contributed by atoms with Gasteiger partial charge in [-0.1, -0.05) is 0 Å². The second kappa shape index (κ2) is 4.72. The molecular weight excluding hydrogens is 251 g/mol. The average Bonchev–Trinajstić information content (AvgIpc) is 2.27. The predicted molar refractivity (Wildman–Crippen MR) is 52.1 cm³/mol. The number of hydrogen-bond donors (Lipinski definition) is 0. The first-order chi connectivity index (χ1) is 8.31. The fourth-order valence-corrected chi connectivity index (χ4v) is 1.35. The molecule has 0 amide bonds. The van der Waals surface area contributed by atoms with Gasteiger partial charge in [0.2, 0.25) is 0 Å². The topological polar surface area (TPSA) is 90.7 Å². The highest BCUT2D eigenvalue weighted by Crippen LogP contribution is 2.37. The van der Waals surface area contributed by atoms with Gasteiger partial charge in [0.1, 0.15) is 5.56 Å². The van der Waals surface area contributed by atoms with Crippen LogP contribution in [-0.2, 0) is 12.6 Å². The third kappa shape index (κ3) is 2.55. The van der Waals surface area contributed by atoms with Crippen molar-refractivity contribution in [3.05, 3.63) is 38.9 Å². The molecule has 0 bridgehead atoms. The molecule has 1 aromatic carbocycles. The maximum Gasteiger partial charge on any atom is 0.423 e. The van der Waals surface area contributed by atoms with Gasteiger partial charge in [-0.05, 0) is 11.6 Å². The Morgan fingerprint density at radius 1 is 1.33 bits per heavy atom. The van der Waals surface area contributed by atoms with Gasteiger partial charge in [0, 0.05) is 6.07 Å². The Bertz CT molecular complexity index is 582. The first-order valence-electron chi connectivity index (χ1n) is 4.46. The Morgan fingerprint density at radius 3 is 2.33 bits per heavy atom. The van der Waals surface area contributed by atoms with E-state index in [1.165, 1.54) is 6.07 Å². The fourth-order valence-electron chi connectivity index (χ4n) is 1.35. The molecule has 0 saturated heterocycles. The summed E-state index contributed by atoms with van der Waals surface area (Å²) in [7, 11) is 0. The molecule has 0 fully saturated rings. The van der Waals surface area contributed by atoms with Crippen molar-refractivity contribution in [2.75, 3.05) is 0 Å². The highest BCUT2D eigenvalue weighted by molar-refractivity contribution is 5.53. The Kier molecular flexibility index (Phi) is 3.53. The Labute approximate surface area is 98.8 Å². The zero-order chi connectivity index (χ0) is 13.9. The van der Waals surface area contributed by atoms with E-state index in [0.717, 1.165) is 0 Å². The van der Waals surface area contributed by atoms with Crippen LogP contribution in [0.5, 0.6) is 0 Å². The molecule has 0 aliphatic heterocycles. The van der Waals surface area contributed by atoms with Gasteiger partial charge in [0.25, 0.3) is 5.69 Å². The molecule has 5 nitrogen and oxygen atoms in total. The summed E-state index contributed by atoms with van der Waals surface area (Å²) in [5.41, 5.74) is -3.15. The fraction of sp³-hybridized carbons (Fsp3) is 0.200. The van der Waals surface area contributed by atoms with Gasteiger partial charge in [0.05, 0.1) is 29.0 Å². The lowest BCUT2D eigenvalue weighted by Gasteiger charge is -2.09. The van der Waals surface area contributed by atoms with Crippen LogP contribution in [0.2, 0.25) is 0 Å². The van der Waals surface area contributed by atoms with Crippen LogP contribution < -0.4 is 0 Å². The standard InChI is InChI=1S/C10H4F3N3O2/c11-10(12,13)8-3-7(5-15)6(1-2-14)4-9(8)16(17)18/h3-4H,1H2. The zero-order valence-electron chi connectivity index (χ0n) is 8.65. The Morgan fingerprint density at radius 2 is 1.94 bits per heavy atom. The number of nitriles is 2. The molecule has 0 unspecified atom stereocenters. The summed E-state index contributed by atoms with van der Waals surface area (Å²) in [6, 6.07) is 4.12. The van der Waals surface area contributed by atoms with E-state index < -0.39 is 27.9 Å². The number of rotatable bonds is 2. The lowest BCUT2D eigenvalue weighted by molar-refractivity contribution is -0.388. The van der Waals surface area contributed by atoms with Crippen molar-refractivity contribution in [3.63, 3.8) is 0 Å². The first kappa shape index (κ1) is 13.5. The first-order valence-corrected chi connectivity index (χ1v) is 4.46. The molecule has 8 heteroatoms. The summed E-state index contributed by atoms with van der Waals surface area (Å²) in [5, 5.41) is 27.7. The summed E-state index contributed by atoms with van der Waals surface area (Å²) < 4.78 is 37.7. The molecule has 0 spiro atoms. The number of hydrogen-bond acceptors (Lipinski definition) is 4. The van der Waals surface area contributed by atoms with Crippen molar-refractivity contribution < 1.29 is 18.1 Å². The van der Waals surface area contributed by atoms with Crippen LogP contribution in [-0.4, -0.2) is 4.92 Å². The molecule has 18 heavy (non-hydrogen) atoms. The minimum absolute atomic E-state index is 0.0975. The van der Waals surface area contributed by atoms with Crippen molar-refractivity contribution in [2.45, 2.75) is 12.6 Å². The summed E-state index contributed by atoms with van der Waals surface area (Å²) >= 11 is 0.